The molecule has 1 aromatic carbocycles. The van der Waals surface area contributed by atoms with Crippen LogP contribution in [0.3, 0.4) is 0 Å². The van der Waals surface area contributed by atoms with E-state index in [1.807, 2.05) is 18.2 Å². The van der Waals surface area contributed by atoms with Gasteiger partial charge in [0.25, 0.3) is 0 Å². The van der Waals surface area contributed by atoms with E-state index < -0.39 is 0 Å². The van der Waals surface area contributed by atoms with Crippen LogP contribution in [0.2, 0.25) is 0 Å². The van der Waals surface area contributed by atoms with Crippen molar-refractivity contribution in [3.63, 3.8) is 0 Å². The number of thioether (sulfide) groups is 1. The number of nitrogens with two attached hydrogens (primary N) is 1. The summed E-state index contributed by atoms with van der Waals surface area (Å²) in [6.45, 7) is 2.07. The molecule has 0 radical (unpaired) electrons. The van der Waals surface area contributed by atoms with Gasteiger partial charge in [0.2, 0.25) is 0 Å². The fraction of sp³-hybridized carbons (Fsp3) is 0.308. The van der Waals surface area contributed by atoms with Crippen molar-refractivity contribution in [2.45, 2.75) is 12.7 Å². The average molecular weight is 251 g/mol. The second-order valence-electron chi connectivity index (χ2n) is 3.59. The lowest BCUT2D eigenvalue weighted by Crippen LogP contribution is -2.06. The molecule has 1 rings (SSSR count). The first-order chi connectivity index (χ1) is 8.18. The van der Waals surface area contributed by atoms with Crippen LogP contribution in [-0.4, -0.2) is 18.3 Å². The highest BCUT2D eigenvalue weighted by Gasteiger charge is 1.98. The first kappa shape index (κ1) is 13.6. The first-order valence-corrected chi connectivity index (χ1v) is 6.56. The normalized spacial score (nSPS) is 11.2. The van der Waals surface area contributed by atoms with Crippen molar-refractivity contribution in [3.05, 3.63) is 47.7 Å². The Balaban J connectivity index is 2.09. The third-order valence-corrected chi connectivity index (χ3v) is 2.92. The molecule has 0 heterocycles. The highest BCUT2D eigenvalue weighted by atomic mass is 32.2. The molecule has 0 spiro atoms. The fourth-order valence-corrected chi connectivity index (χ4v) is 1.97. The summed E-state index contributed by atoms with van der Waals surface area (Å²) in [5.41, 5.74) is 7.10. The summed E-state index contributed by atoms with van der Waals surface area (Å²) in [6.07, 6.45) is 1.29. The van der Waals surface area contributed by atoms with E-state index in [4.69, 9.17) is 10.5 Å². The van der Waals surface area contributed by atoms with Crippen LogP contribution in [0.4, 0.5) is 0 Å². The van der Waals surface area contributed by atoms with Crippen molar-refractivity contribution in [2.24, 2.45) is 5.73 Å². The third kappa shape index (κ3) is 6.68. The van der Waals surface area contributed by atoms with E-state index in [1.165, 1.54) is 11.6 Å². The molecule has 3 nitrogen and oxygen atoms in total. The average Bonchev–Trinajstić information content (AvgIpc) is 2.29. The number of hydrogen-bond donors (Lipinski definition) is 1. The van der Waals surface area contributed by atoms with Gasteiger partial charge in [-0.05, 0) is 12.5 Å². The maximum atomic E-state index is 11.1. The summed E-state index contributed by atoms with van der Waals surface area (Å²) < 4.78 is 4.97. The molecule has 0 saturated carbocycles. The standard InChI is InChI=1S/C13H17NO2S/c1-11(14)9-13(15)16-7-8-17-10-12-5-3-2-4-6-12/h2-6,9H,7-8,10,14H2,1H3. The molecule has 0 amide bonds. The van der Waals surface area contributed by atoms with E-state index in [0.717, 1.165) is 11.5 Å². The molecule has 0 atom stereocenters. The Labute approximate surface area is 106 Å². The number of esters is 1. The highest BCUT2D eigenvalue weighted by molar-refractivity contribution is 7.98. The molecule has 1 aromatic rings. The van der Waals surface area contributed by atoms with Crippen molar-refractivity contribution < 1.29 is 9.53 Å². The van der Waals surface area contributed by atoms with Crippen molar-refractivity contribution in [1.82, 2.24) is 0 Å². The van der Waals surface area contributed by atoms with E-state index in [9.17, 15) is 4.79 Å². The minimum absolute atomic E-state index is 0.370. The number of ether oxygens (including phenoxy) is 1. The largest absolute Gasteiger partial charge is 0.462 e. The van der Waals surface area contributed by atoms with E-state index >= 15 is 0 Å². The Bertz CT molecular complexity index is 372. The van der Waals surface area contributed by atoms with Crippen LogP contribution in [0.1, 0.15) is 12.5 Å². The minimum atomic E-state index is -0.370. The Morgan fingerprint density at radius 2 is 2.12 bits per heavy atom. The number of benzene rings is 1. The van der Waals surface area contributed by atoms with E-state index in [0.29, 0.717) is 12.3 Å². The Morgan fingerprint density at radius 3 is 2.76 bits per heavy atom. The molecule has 0 bridgehead atoms. The van der Waals surface area contributed by atoms with E-state index in [-0.39, 0.29) is 5.97 Å². The monoisotopic (exact) mass is 251 g/mol. The zero-order valence-electron chi connectivity index (χ0n) is 9.89. The van der Waals surface area contributed by atoms with E-state index in [2.05, 4.69) is 12.1 Å². The zero-order chi connectivity index (χ0) is 12.5. The van der Waals surface area contributed by atoms with Gasteiger partial charge in [0.05, 0.1) is 0 Å². The zero-order valence-corrected chi connectivity index (χ0v) is 10.7. The van der Waals surface area contributed by atoms with Gasteiger partial charge < -0.3 is 10.5 Å². The van der Waals surface area contributed by atoms with Gasteiger partial charge in [-0.1, -0.05) is 30.3 Å². The molecule has 0 aliphatic rings. The number of allylic oxidation sites excluding steroid dienone is 1. The SMILES string of the molecule is CC(N)=CC(=O)OCCSCc1ccccc1. The van der Waals surface area contributed by atoms with Gasteiger partial charge in [0.1, 0.15) is 6.61 Å². The summed E-state index contributed by atoms with van der Waals surface area (Å²) in [5.74, 6) is 1.35. The van der Waals surface area contributed by atoms with Crippen LogP contribution in [-0.2, 0) is 15.3 Å². The van der Waals surface area contributed by atoms with Crippen molar-refractivity contribution in [2.75, 3.05) is 12.4 Å². The maximum Gasteiger partial charge on any atom is 0.332 e. The topological polar surface area (TPSA) is 52.3 Å². The number of rotatable bonds is 6. The Kier molecular flexibility index (Phi) is 6.25. The number of carbonyl (C=O) groups excluding carboxylic acids is 1. The summed E-state index contributed by atoms with van der Waals surface area (Å²) in [4.78, 5) is 11.1. The molecular weight excluding hydrogens is 234 g/mol. The molecule has 0 aliphatic heterocycles. The van der Waals surface area contributed by atoms with Crippen LogP contribution in [0.5, 0.6) is 0 Å². The van der Waals surface area contributed by atoms with Gasteiger partial charge in [0.15, 0.2) is 0 Å². The second kappa shape index (κ2) is 7.79. The molecule has 4 heteroatoms. The van der Waals surface area contributed by atoms with Gasteiger partial charge in [-0.3, -0.25) is 0 Å². The molecule has 0 fully saturated rings. The third-order valence-electron chi connectivity index (χ3n) is 1.93. The maximum absolute atomic E-state index is 11.1. The molecule has 17 heavy (non-hydrogen) atoms. The molecule has 2 N–H and O–H groups in total. The van der Waals surface area contributed by atoms with Gasteiger partial charge in [0, 0.05) is 23.3 Å². The molecule has 0 unspecified atom stereocenters. The quantitative estimate of drug-likeness (QED) is 0.479. The molecule has 0 aromatic heterocycles. The lowest BCUT2D eigenvalue weighted by molar-refractivity contribution is -0.137. The van der Waals surface area contributed by atoms with Crippen LogP contribution in [0.15, 0.2) is 42.1 Å². The predicted molar refractivity (Wildman–Crippen MR) is 71.5 cm³/mol. The fourth-order valence-electron chi connectivity index (χ4n) is 1.19. The summed E-state index contributed by atoms with van der Waals surface area (Å²) in [5, 5.41) is 0. The van der Waals surface area contributed by atoms with Crippen molar-refractivity contribution in [3.8, 4) is 0 Å². The lowest BCUT2D eigenvalue weighted by Gasteiger charge is -2.03. The smallest absolute Gasteiger partial charge is 0.332 e. The molecular formula is C13H17NO2S. The molecule has 92 valence electrons. The predicted octanol–water partition coefficient (Wildman–Crippen LogP) is 2.33. The summed E-state index contributed by atoms with van der Waals surface area (Å²) in [6, 6.07) is 10.2. The first-order valence-electron chi connectivity index (χ1n) is 5.40. The minimum Gasteiger partial charge on any atom is -0.462 e. The molecule has 0 saturated heterocycles. The number of hydrogen-bond acceptors (Lipinski definition) is 4. The summed E-state index contributed by atoms with van der Waals surface area (Å²) >= 11 is 1.74. The lowest BCUT2D eigenvalue weighted by atomic mass is 10.2. The van der Waals surface area contributed by atoms with E-state index in [1.54, 1.807) is 18.7 Å². The van der Waals surface area contributed by atoms with Gasteiger partial charge in [-0.2, -0.15) is 11.8 Å². The highest BCUT2D eigenvalue weighted by Crippen LogP contribution is 2.11. The van der Waals surface area contributed by atoms with Crippen molar-refractivity contribution >= 4 is 17.7 Å². The Morgan fingerprint density at radius 1 is 1.41 bits per heavy atom. The second-order valence-corrected chi connectivity index (χ2v) is 4.70. The van der Waals surface area contributed by atoms with Crippen molar-refractivity contribution in [1.29, 1.82) is 0 Å². The molecule has 0 aliphatic carbocycles. The van der Waals surface area contributed by atoms with Gasteiger partial charge in [-0.15, -0.1) is 0 Å². The van der Waals surface area contributed by atoms with Crippen LogP contribution >= 0.6 is 11.8 Å². The van der Waals surface area contributed by atoms with Crippen LogP contribution in [0, 0.1) is 0 Å². The van der Waals surface area contributed by atoms with Crippen LogP contribution < -0.4 is 5.73 Å². The van der Waals surface area contributed by atoms with Gasteiger partial charge >= 0.3 is 5.97 Å². The Hall–Kier alpha value is -1.42. The van der Waals surface area contributed by atoms with Gasteiger partial charge in [-0.25, -0.2) is 4.79 Å². The number of carbonyl (C=O) groups is 1. The van der Waals surface area contributed by atoms with Crippen LogP contribution in [0.25, 0.3) is 0 Å². The summed E-state index contributed by atoms with van der Waals surface area (Å²) in [7, 11) is 0.